The summed E-state index contributed by atoms with van der Waals surface area (Å²) in [5, 5.41) is 11.9. The molecule has 1 aromatic rings. The zero-order valence-electron chi connectivity index (χ0n) is 12.4. The van der Waals surface area contributed by atoms with E-state index in [-0.39, 0.29) is 17.9 Å². The third kappa shape index (κ3) is 4.49. The number of amides is 1. The molecule has 0 saturated heterocycles. The van der Waals surface area contributed by atoms with Crippen molar-refractivity contribution in [1.82, 2.24) is 5.32 Å². The topological polar surface area (TPSA) is 66.4 Å². The number of carbonyl (C=O) groups excluding carboxylic acids is 1. The lowest BCUT2D eigenvalue weighted by atomic mass is 10.1. The molecule has 114 valence electrons. The summed E-state index contributed by atoms with van der Waals surface area (Å²) < 4.78 is 0. The van der Waals surface area contributed by atoms with Crippen LogP contribution in [-0.4, -0.2) is 28.8 Å². The smallest absolute Gasteiger partial charge is 0.306 e. The number of carbonyl (C=O) groups is 2. The van der Waals surface area contributed by atoms with Crippen LogP contribution in [0, 0.1) is 19.8 Å². The van der Waals surface area contributed by atoms with Crippen molar-refractivity contribution in [3.8, 4) is 0 Å². The van der Waals surface area contributed by atoms with Crippen LogP contribution >= 0.6 is 11.8 Å². The summed E-state index contributed by atoms with van der Waals surface area (Å²) in [5.41, 5.74) is 2.36. The highest BCUT2D eigenvalue weighted by molar-refractivity contribution is 8.00. The van der Waals surface area contributed by atoms with Gasteiger partial charge >= 0.3 is 5.97 Å². The number of nitrogens with one attached hydrogen (secondary N) is 1. The fourth-order valence-electron chi connectivity index (χ4n) is 2.61. The summed E-state index contributed by atoms with van der Waals surface area (Å²) in [5.74, 6) is -0.700. The minimum absolute atomic E-state index is 0.0119. The quantitative estimate of drug-likeness (QED) is 0.821. The van der Waals surface area contributed by atoms with Gasteiger partial charge in [-0.2, -0.15) is 0 Å². The number of hydrogen-bond donors (Lipinski definition) is 2. The first-order valence-corrected chi connectivity index (χ1v) is 8.16. The van der Waals surface area contributed by atoms with Crippen LogP contribution in [0.4, 0.5) is 0 Å². The van der Waals surface area contributed by atoms with E-state index in [0.29, 0.717) is 18.6 Å². The summed E-state index contributed by atoms with van der Waals surface area (Å²) in [6, 6.07) is 6.22. The Hall–Kier alpha value is -1.49. The van der Waals surface area contributed by atoms with Crippen molar-refractivity contribution in [2.45, 2.75) is 44.0 Å². The molecule has 0 spiro atoms. The summed E-state index contributed by atoms with van der Waals surface area (Å²) in [7, 11) is 0. The standard InChI is InChI=1S/C16H21NO3S/c1-10-3-4-11(2)14(7-10)21-9-15(18)17-13-6-5-12(8-13)16(19)20/h3-4,7,12-13H,5-6,8-9H2,1-2H3,(H,17,18)(H,19,20)/t12-,13+/m0/s1. The van der Waals surface area contributed by atoms with Gasteiger partial charge < -0.3 is 10.4 Å². The number of thioether (sulfide) groups is 1. The molecule has 1 aliphatic rings. The Balaban J connectivity index is 1.80. The van der Waals surface area contributed by atoms with E-state index < -0.39 is 5.97 Å². The SMILES string of the molecule is Cc1ccc(C)c(SCC(=O)N[C@@H]2CC[C@H](C(=O)O)C2)c1. The number of aryl methyl sites for hydroxylation is 2. The van der Waals surface area contributed by atoms with Crippen LogP contribution in [0.25, 0.3) is 0 Å². The number of carboxylic acid groups (broad SMARTS) is 1. The first-order valence-electron chi connectivity index (χ1n) is 7.18. The third-order valence-electron chi connectivity index (χ3n) is 3.85. The normalized spacial score (nSPS) is 21.2. The number of hydrogen-bond acceptors (Lipinski definition) is 3. The van der Waals surface area contributed by atoms with Crippen molar-refractivity contribution < 1.29 is 14.7 Å². The number of aliphatic carboxylic acids is 1. The molecule has 2 atom stereocenters. The molecule has 0 unspecified atom stereocenters. The minimum atomic E-state index is -0.753. The molecule has 1 fully saturated rings. The first-order chi connectivity index (χ1) is 9.95. The van der Waals surface area contributed by atoms with Gasteiger partial charge in [0.15, 0.2) is 0 Å². The van der Waals surface area contributed by atoms with Crippen molar-refractivity contribution in [1.29, 1.82) is 0 Å². The summed E-state index contributed by atoms with van der Waals surface area (Å²) in [6.07, 6.45) is 1.97. The van der Waals surface area contributed by atoms with Gasteiger partial charge in [-0.25, -0.2) is 0 Å². The van der Waals surface area contributed by atoms with Gasteiger partial charge in [0, 0.05) is 10.9 Å². The Morgan fingerprint density at radius 1 is 1.33 bits per heavy atom. The third-order valence-corrected chi connectivity index (χ3v) is 5.01. The Morgan fingerprint density at radius 2 is 2.10 bits per heavy atom. The van der Waals surface area contributed by atoms with Crippen molar-refractivity contribution in [3.05, 3.63) is 29.3 Å². The molecule has 0 aromatic heterocycles. The highest BCUT2D eigenvalue weighted by Crippen LogP contribution is 2.26. The van der Waals surface area contributed by atoms with Gasteiger partial charge in [0.1, 0.15) is 0 Å². The van der Waals surface area contributed by atoms with E-state index in [1.807, 2.05) is 13.8 Å². The Bertz CT molecular complexity index is 544. The maximum absolute atomic E-state index is 12.0. The maximum Gasteiger partial charge on any atom is 0.306 e. The van der Waals surface area contributed by atoms with Crippen LogP contribution in [0.5, 0.6) is 0 Å². The molecule has 0 radical (unpaired) electrons. The van der Waals surface area contributed by atoms with E-state index in [2.05, 4.69) is 23.5 Å². The lowest BCUT2D eigenvalue weighted by molar-refractivity contribution is -0.141. The predicted molar refractivity (Wildman–Crippen MR) is 83.5 cm³/mol. The number of carboxylic acids is 1. The Kier molecular flexibility index (Phi) is 5.28. The lowest BCUT2D eigenvalue weighted by Gasteiger charge is -2.13. The molecule has 5 heteroatoms. The zero-order valence-corrected chi connectivity index (χ0v) is 13.2. The molecule has 4 nitrogen and oxygen atoms in total. The largest absolute Gasteiger partial charge is 0.481 e. The second kappa shape index (κ2) is 6.98. The van der Waals surface area contributed by atoms with E-state index in [1.54, 1.807) is 0 Å². The van der Waals surface area contributed by atoms with E-state index >= 15 is 0 Å². The van der Waals surface area contributed by atoms with Gasteiger partial charge in [0.05, 0.1) is 11.7 Å². The zero-order chi connectivity index (χ0) is 15.4. The van der Waals surface area contributed by atoms with Gasteiger partial charge in [-0.05, 0) is 44.7 Å². The number of benzene rings is 1. The fraction of sp³-hybridized carbons (Fsp3) is 0.500. The summed E-state index contributed by atoms with van der Waals surface area (Å²) >= 11 is 1.53. The van der Waals surface area contributed by atoms with E-state index in [0.717, 1.165) is 11.3 Å². The Morgan fingerprint density at radius 3 is 2.76 bits per heavy atom. The molecular weight excluding hydrogens is 286 g/mol. The van der Waals surface area contributed by atoms with Crippen molar-refractivity contribution >= 4 is 23.6 Å². The molecule has 2 rings (SSSR count). The molecule has 0 aliphatic heterocycles. The second-order valence-corrected chi connectivity index (χ2v) is 6.69. The second-order valence-electron chi connectivity index (χ2n) is 5.67. The summed E-state index contributed by atoms with van der Waals surface area (Å²) in [6.45, 7) is 4.07. The van der Waals surface area contributed by atoms with Crippen LogP contribution in [0.2, 0.25) is 0 Å². The van der Waals surface area contributed by atoms with Crippen LogP contribution in [0.3, 0.4) is 0 Å². The average Bonchev–Trinajstić information content (AvgIpc) is 2.88. The molecule has 1 amide bonds. The highest BCUT2D eigenvalue weighted by Gasteiger charge is 2.30. The lowest BCUT2D eigenvalue weighted by Crippen LogP contribution is -2.34. The monoisotopic (exact) mass is 307 g/mol. The molecule has 21 heavy (non-hydrogen) atoms. The maximum atomic E-state index is 12.0. The van der Waals surface area contributed by atoms with Gasteiger partial charge in [-0.3, -0.25) is 9.59 Å². The molecule has 0 bridgehead atoms. The first kappa shape index (κ1) is 15.9. The molecular formula is C16H21NO3S. The molecule has 2 N–H and O–H groups in total. The fourth-order valence-corrected chi connectivity index (χ4v) is 3.55. The predicted octanol–water partition coefficient (Wildman–Crippen LogP) is 2.77. The molecule has 0 heterocycles. The Labute approximate surface area is 129 Å². The summed E-state index contributed by atoms with van der Waals surface area (Å²) in [4.78, 5) is 24.0. The number of rotatable bonds is 5. The highest BCUT2D eigenvalue weighted by atomic mass is 32.2. The van der Waals surface area contributed by atoms with Crippen LogP contribution in [0.1, 0.15) is 30.4 Å². The van der Waals surface area contributed by atoms with E-state index in [9.17, 15) is 9.59 Å². The van der Waals surface area contributed by atoms with Crippen LogP contribution in [0.15, 0.2) is 23.1 Å². The van der Waals surface area contributed by atoms with E-state index in [1.165, 1.54) is 22.9 Å². The van der Waals surface area contributed by atoms with Gasteiger partial charge in [-0.1, -0.05) is 17.7 Å². The van der Waals surface area contributed by atoms with E-state index in [4.69, 9.17) is 5.11 Å². The van der Waals surface area contributed by atoms with Crippen molar-refractivity contribution in [2.75, 3.05) is 5.75 Å². The van der Waals surface area contributed by atoms with Gasteiger partial charge in [-0.15, -0.1) is 11.8 Å². The molecule has 1 saturated carbocycles. The van der Waals surface area contributed by atoms with Crippen molar-refractivity contribution in [2.24, 2.45) is 5.92 Å². The average molecular weight is 307 g/mol. The van der Waals surface area contributed by atoms with Crippen molar-refractivity contribution in [3.63, 3.8) is 0 Å². The van der Waals surface area contributed by atoms with Crippen LogP contribution < -0.4 is 5.32 Å². The molecule has 1 aliphatic carbocycles. The minimum Gasteiger partial charge on any atom is -0.481 e. The van der Waals surface area contributed by atoms with Gasteiger partial charge in [0.2, 0.25) is 5.91 Å². The van der Waals surface area contributed by atoms with Crippen LogP contribution in [-0.2, 0) is 9.59 Å². The van der Waals surface area contributed by atoms with Gasteiger partial charge in [0.25, 0.3) is 0 Å². The molecule has 1 aromatic carbocycles.